The number of benzene rings is 1. The molecule has 0 spiro atoms. The molecule has 0 fully saturated rings. The second-order valence-corrected chi connectivity index (χ2v) is 5.38. The summed E-state index contributed by atoms with van der Waals surface area (Å²) in [5.41, 5.74) is 3.89. The molecule has 1 atom stereocenters. The maximum atomic E-state index is 5.92. The van der Waals surface area contributed by atoms with Crippen LogP contribution in [-0.4, -0.2) is 13.0 Å². The maximum Gasteiger partial charge on any atom is 0.122 e. The van der Waals surface area contributed by atoms with Gasteiger partial charge in [-0.3, -0.25) is 0 Å². The van der Waals surface area contributed by atoms with Crippen molar-refractivity contribution in [2.45, 2.75) is 40.0 Å². The molecule has 96 valence electrons. The Bertz CT molecular complexity index is 371. The minimum Gasteiger partial charge on any atom is -0.496 e. The van der Waals surface area contributed by atoms with E-state index < -0.39 is 0 Å². The SMILES string of the molecule is COc1cc(C)c(C)cc1C(CCCl)C(C)C. The van der Waals surface area contributed by atoms with Crippen LogP contribution in [0.5, 0.6) is 5.75 Å². The minimum atomic E-state index is 0.474. The van der Waals surface area contributed by atoms with Crippen LogP contribution < -0.4 is 4.74 Å². The lowest BCUT2D eigenvalue weighted by Crippen LogP contribution is -2.10. The molecule has 0 aliphatic heterocycles. The van der Waals surface area contributed by atoms with E-state index >= 15 is 0 Å². The summed E-state index contributed by atoms with van der Waals surface area (Å²) in [6.45, 7) is 8.75. The monoisotopic (exact) mass is 254 g/mol. The molecular formula is C15H23ClO. The van der Waals surface area contributed by atoms with E-state index in [9.17, 15) is 0 Å². The average molecular weight is 255 g/mol. The second kappa shape index (κ2) is 6.30. The summed E-state index contributed by atoms with van der Waals surface area (Å²) >= 11 is 5.92. The molecule has 0 aromatic heterocycles. The van der Waals surface area contributed by atoms with Gasteiger partial charge in [-0.15, -0.1) is 11.6 Å². The fraction of sp³-hybridized carbons (Fsp3) is 0.600. The molecule has 2 heteroatoms. The Morgan fingerprint density at radius 3 is 2.24 bits per heavy atom. The van der Waals surface area contributed by atoms with Crippen molar-refractivity contribution in [1.82, 2.24) is 0 Å². The third-order valence-corrected chi connectivity index (χ3v) is 3.69. The van der Waals surface area contributed by atoms with Crippen molar-refractivity contribution < 1.29 is 4.74 Å². The van der Waals surface area contributed by atoms with E-state index in [1.54, 1.807) is 7.11 Å². The zero-order valence-electron chi connectivity index (χ0n) is 11.5. The highest BCUT2D eigenvalue weighted by molar-refractivity contribution is 6.17. The van der Waals surface area contributed by atoms with E-state index in [0.717, 1.165) is 12.2 Å². The molecule has 1 aromatic carbocycles. The Kier molecular flexibility index (Phi) is 5.32. The Labute approximate surface area is 110 Å². The summed E-state index contributed by atoms with van der Waals surface area (Å²) in [7, 11) is 1.74. The molecule has 1 rings (SSSR count). The topological polar surface area (TPSA) is 9.23 Å². The van der Waals surface area contributed by atoms with Crippen molar-refractivity contribution >= 4 is 11.6 Å². The molecule has 0 aliphatic carbocycles. The first kappa shape index (κ1) is 14.4. The molecule has 0 N–H and O–H groups in total. The number of ether oxygens (including phenoxy) is 1. The van der Waals surface area contributed by atoms with Gasteiger partial charge in [0.2, 0.25) is 0 Å². The maximum absolute atomic E-state index is 5.92. The highest BCUT2D eigenvalue weighted by Gasteiger charge is 2.20. The number of hydrogen-bond acceptors (Lipinski definition) is 1. The van der Waals surface area contributed by atoms with Crippen LogP contribution in [0.4, 0.5) is 0 Å². The van der Waals surface area contributed by atoms with Crippen LogP contribution in [0, 0.1) is 19.8 Å². The molecule has 0 saturated heterocycles. The van der Waals surface area contributed by atoms with Crippen LogP contribution in [0.15, 0.2) is 12.1 Å². The van der Waals surface area contributed by atoms with Crippen LogP contribution in [0.1, 0.15) is 42.9 Å². The molecule has 0 saturated carbocycles. The van der Waals surface area contributed by atoms with Gasteiger partial charge in [-0.2, -0.15) is 0 Å². The van der Waals surface area contributed by atoms with Gasteiger partial charge in [0.15, 0.2) is 0 Å². The van der Waals surface area contributed by atoms with Crippen LogP contribution in [0.2, 0.25) is 0 Å². The van der Waals surface area contributed by atoms with E-state index in [1.807, 2.05) is 0 Å². The summed E-state index contributed by atoms with van der Waals surface area (Å²) in [6, 6.07) is 4.39. The minimum absolute atomic E-state index is 0.474. The summed E-state index contributed by atoms with van der Waals surface area (Å²) in [4.78, 5) is 0. The summed E-state index contributed by atoms with van der Waals surface area (Å²) in [5, 5.41) is 0. The first-order valence-electron chi connectivity index (χ1n) is 6.22. The number of rotatable bonds is 5. The predicted molar refractivity (Wildman–Crippen MR) is 75.4 cm³/mol. The molecule has 1 nitrogen and oxygen atoms in total. The number of aryl methyl sites for hydroxylation is 2. The van der Waals surface area contributed by atoms with Crippen molar-refractivity contribution in [3.63, 3.8) is 0 Å². The van der Waals surface area contributed by atoms with Gasteiger partial charge in [0, 0.05) is 5.88 Å². The van der Waals surface area contributed by atoms with E-state index in [4.69, 9.17) is 16.3 Å². The third kappa shape index (κ3) is 3.38. The number of halogens is 1. The Hall–Kier alpha value is -0.690. The summed E-state index contributed by atoms with van der Waals surface area (Å²) < 4.78 is 5.52. The number of methoxy groups -OCH3 is 1. The standard InChI is InChI=1S/C15H23ClO/c1-10(2)13(6-7-16)14-8-11(3)12(4)9-15(14)17-5/h8-10,13H,6-7H2,1-5H3. The lowest BCUT2D eigenvalue weighted by molar-refractivity contribution is 0.392. The van der Waals surface area contributed by atoms with E-state index in [-0.39, 0.29) is 0 Å². The van der Waals surface area contributed by atoms with E-state index in [2.05, 4.69) is 39.8 Å². The van der Waals surface area contributed by atoms with E-state index in [1.165, 1.54) is 16.7 Å². The number of alkyl halides is 1. The zero-order chi connectivity index (χ0) is 13.0. The van der Waals surface area contributed by atoms with Gasteiger partial charge >= 0.3 is 0 Å². The number of hydrogen-bond donors (Lipinski definition) is 0. The molecule has 17 heavy (non-hydrogen) atoms. The van der Waals surface area contributed by atoms with Gasteiger partial charge in [-0.05, 0) is 54.9 Å². The average Bonchev–Trinajstić information content (AvgIpc) is 2.29. The molecule has 0 amide bonds. The molecule has 1 aromatic rings. The highest BCUT2D eigenvalue weighted by Crippen LogP contribution is 2.36. The van der Waals surface area contributed by atoms with Crippen LogP contribution in [0.25, 0.3) is 0 Å². The molecule has 0 heterocycles. The first-order chi connectivity index (χ1) is 8.01. The molecular weight excluding hydrogens is 232 g/mol. The third-order valence-electron chi connectivity index (χ3n) is 3.47. The largest absolute Gasteiger partial charge is 0.496 e. The quantitative estimate of drug-likeness (QED) is 0.694. The second-order valence-electron chi connectivity index (χ2n) is 5.01. The summed E-state index contributed by atoms with van der Waals surface area (Å²) in [6.07, 6.45) is 0.998. The molecule has 0 bridgehead atoms. The van der Waals surface area contributed by atoms with Crippen molar-refractivity contribution in [2.24, 2.45) is 5.92 Å². The van der Waals surface area contributed by atoms with Crippen LogP contribution >= 0.6 is 11.6 Å². The molecule has 1 unspecified atom stereocenters. The summed E-state index contributed by atoms with van der Waals surface area (Å²) in [5.74, 6) is 2.74. The lowest BCUT2D eigenvalue weighted by atomic mass is 9.84. The van der Waals surface area contributed by atoms with Crippen LogP contribution in [0.3, 0.4) is 0 Å². The highest BCUT2D eigenvalue weighted by atomic mass is 35.5. The van der Waals surface area contributed by atoms with Gasteiger partial charge in [0.25, 0.3) is 0 Å². The predicted octanol–water partition coefficient (Wildman–Crippen LogP) is 4.68. The Balaban J connectivity index is 3.21. The first-order valence-corrected chi connectivity index (χ1v) is 6.75. The van der Waals surface area contributed by atoms with Crippen molar-refractivity contribution in [1.29, 1.82) is 0 Å². The van der Waals surface area contributed by atoms with Gasteiger partial charge in [0.05, 0.1) is 7.11 Å². The molecule has 0 radical (unpaired) electrons. The fourth-order valence-electron chi connectivity index (χ4n) is 2.24. The Morgan fingerprint density at radius 2 is 1.76 bits per heavy atom. The van der Waals surface area contributed by atoms with Crippen molar-refractivity contribution in [3.05, 3.63) is 28.8 Å². The normalized spacial score (nSPS) is 12.9. The van der Waals surface area contributed by atoms with Crippen LogP contribution in [-0.2, 0) is 0 Å². The smallest absolute Gasteiger partial charge is 0.122 e. The van der Waals surface area contributed by atoms with Gasteiger partial charge in [0.1, 0.15) is 5.75 Å². The Morgan fingerprint density at radius 1 is 1.18 bits per heavy atom. The van der Waals surface area contributed by atoms with Crippen molar-refractivity contribution in [2.75, 3.05) is 13.0 Å². The van der Waals surface area contributed by atoms with Gasteiger partial charge < -0.3 is 4.74 Å². The lowest BCUT2D eigenvalue weighted by Gasteiger charge is -2.23. The van der Waals surface area contributed by atoms with E-state index in [0.29, 0.717) is 17.7 Å². The van der Waals surface area contributed by atoms with Gasteiger partial charge in [-0.25, -0.2) is 0 Å². The fourth-order valence-corrected chi connectivity index (χ4v) is 2.48. The molecule has 0 aliphatic rings. The van der Waals surface area contributed by atoms with Gasteiger partial charge in [-0.1, -0.05) is 19.9 Å². The van der Waals surface area contributed by atoms with Crippen molar-refractivity contribution in [3.8, 4) is 5.75 Å². The zero-order valence-corrected chi connectivity index (χ0v) is 12.3.